The lowest BCUT2D eigenvalue weighted by Gasteiger charge is -2.08. The van der Waals surface area contributed by atoms with E-state index in [0.717, 1.165) is 24.8 Å². The van der Waals surface area contributed by atoms with Crippen molar-refractivity contribution in [1.29, 1.82) is 0 Å². The fourth-order valence-electron chi connectivity index (χ4n) is 1.81. The lowest BCUT2D eigenvalue weighted by atomic mass is 10.2. The summed E-state index contributed by atoms with van der Waals surface area (Å²) in [5.74, 6) is 0.373. The van der Waals surface area contributed by atoms with Crippen LogP contribution >= 0.6 is 0 Å². The number of unbranched alkanes of at least 4 members (excludes halogenated alkanes) is 2. The summed E-state index contributed by atoms with van der Waals surface area (Å²) in [6, 6.07) is 7.58. The SMILES string of the molecule is COC(=O)CCCCCNC(=O)COc1cccc(C)c1. The molecule has 5 nitrogen and oxygen atoms in total. The van der Waals surface area contributed by atoms with Crippen molar-refractivity contribution < 1.29 is 19.1 Å². The summed E-state index contributed by atoms with van der Waals surface area (Å²) in [6.07, 6.45) is 2.94. The Hall–Kier alpha value is -2.04. The van der Waals surface area contributed by atoms with Gasteiger partial charge in [-0.2, -0.15) is 0 Å². The molecule has 0 aliphatic rings. The first kappa shape index (κ1) is 17.0. The number of esters is 1. The molecule has 21 heavy (non-hydrogen) atoms. The Morgan fingerprint density at radius 1 is 1.19 bits per heavy atom. The zero-order valence-corrected chi connectivity index (χ0v) is 12.7. The van der Waals surface area contributed by atoms with Crippen LogP contribution in [0, 0.1) is 6.92 Å². The van der Waals surface area contributed by atoms with Crippen molar-refractivity contribution in [2.24, 2.45) is 0 Å². The number of carbonyl (C=O) groups excluding carboxylic acids is 2. The van der Waals surface area contributed by atoms with Crippen LogP contribution in [0.5, 0.6) is 5.75 Å². The zero-order chi connectivity index (χ0) is 15.5. The summed E-state index contributed by atoms with van der Waals surface area (Å²) < 4.78 is 9.95. The molecule has 0 aliphatic heterocycles. The molecule has 0 fully saturated rings. The van der Waals surface area contributed by atoms with Gasteiger partial charge in [-0.25, -0.2) is 0 Å². The number of nitrogens with one attached hydrogen (secondary N) is 1. The maximum absolute atomic E-state index is 11.6. The number of aryl methyl sites for hydroxylation is 1. The van der Waals surface area contributed by atoms with Gasteiger partial charge in [-0.05, 0) is 37.5 Å². The van der Waals surface area contributed by atoms with Gasteiger partial charge in [-0.3, -0.25) is 9.59 Å². The Bertz CT molecular complexity index is 459. The lowest BCUT2D eigenvalue weighted by molar-refractivity contribution is -0.140. The van der Waals surface area contributed by atoms with Crippen molar-refractivity contribution in [2.45, 2.75) is 32.6 Å². The van der Waals surface area contributed by atoms with E-state index in [4.69, 9.17) is 4.74 Å². The van der Waals surface area contributed by atoms with Gasteiger partial charge in [0.2, 0.25) is 0 Å². The Morgan fingerprint density at radius 2 is 2.00 bits per heavy atom. The van der Waals surface area contributed by atoms with Crippen LogP contribution in [0.1, 0.15) is 31.2 Å². The van der Waals surface area contributed by atoms with Gasteiger partial charge >= 0.3 is 5.97 Å². The fourth-order valence-corrected chi connectivity index (χ4v) is 1.81. The molecule has 0 heterocycles. The molecular formula is C16H23NO4. The predicted octanol–water partition coefficient (Wildman–Crippen LogP) is 2.22. The zero-order valence-electron chi connectivity index (χ0n) is 12.7. The van der Waals surface area contributed by atoms with E-state index in [-0.39, 0.29) is 18.5 Å². The minimum absolute atomic E-state index is 0.0195. The molecule has 0 spiro atoms. The highest BCUT2D eigenvalue weighted by molar-refractivity contribution is 5.77. The molecular weight excluding hydrogens is 270 g/mol. The van der Waals surface area contributed by atoms with E-state index in [1.165, 1.54) is 7.11 Å². The summed E-state index contributed by atoms with van der Waals surface area (Å²) in [7, 11) is 1.39. The maximum Gasteiger partial charge on any atom is 0.305 e. The van der Waals surface area contributed by atoms with Crippen LogP contribution in [-0.4, -0.2) is 32.1 Å². The topological polar surface area (TPSA) is 64.6 Å². The minimum Gasteiger partial charge on any atom is -0.484 e. The number of carbonyl (C=O) groups is 2. The summed E-state index contributed by atoms with van der Waals surface area (Å²) in [6.45, 7) is 2.59. The van der Waals surface area contributed by atoms with Crippen molar-refractivity contribution in [2.75, 3.05) is 20.3 Å². The Labute approximate surface area is 125 Å². The normalized spacial score (nSPS) is 10.0. The first-order chi connectivity index (χ1) is 10.1. The molecule has 0 radical (unpaired) electrons. The van der Waals surface area contributed by atoms with E-state index in [9.17, 15) is 9.59 Å². The van der Waals surface area contributed by atoms with Gasteiger partial charge in [-0.1, -0.05) is 18.6 Å². The van der Waals surface area contributed by atoms with Crippen LogP contribution in [0.3, 0.4) is 0 Å². The van der Waals surface area contributed by atoms with E-state index < -0.39 is 0 Å². The Morgan fingerprint density at radius 3 is 2.71 bits per heavy atom. The van der Waals surface area contributed by atoms with Crippen LogP contribution < -0.4 is 10.1 Å². The molecule has 0 aliphatic carbocycles. The molecule has 0 bridgehead atoms. The first-order valence-electron chi connectivity index (χ1n) is 7.15. The quantitative estimate of drug-likeness (QED) is 0.560. The molecule has 1 N–H and O–H groups in total. The average Bonchev–Trinajstić information content (AvgIpc) is 2.48. The van der Waals surface area contributed by atoms with Crippen molar-refractivity contribution in [3.05, 3.63) is 29.8 Å². The van der Waals surface area contributed by atoms with Gasteiger partial charge in [0.25, 0.3) is 5.91 Å². The van der Waals surface area contributed by atoms with Crippen molar-refractivity contribution in [1.82, 2.24) is 5.32 Å². The van der Waals surface area contributed by atoms with E-state index in [1.807, 2.05) is 31.2 Å². The van der Waals surface area contributed by atoms with E-state index in [0.29, 0.717) is 18.7 Å². The van der Waals surface area contributed by atoms with E-state index in [1.54, 1.807) is 0 Å². The van der Waals surface area contributed by atoms with Gasteiger partial charge in [0.1, 0.15) is 5.75 Å². The van der Waals surface area contributed by atoms with Crippen LogP contribution in [0.25, 0.3) is 0 Å². The second-order valence-electron chi connectivity index (χ2n) is 4.84. The van der Waals surface area contributed by atoms with Crippen molar-refractivity contribution in [3.63, 3.8) is 0 Å². The third-order valence-electron chi connectivity index (χ3n) is 2.97. The number of hydrogen-bond donors (Lipinski definition) is 1. The largest absolute Gasteiger partial charge is 0.484 e. The molecule has 116 valence electrons. The highest BCUT2D eigenvalue weighted by Crippen LogP contribution is 2.11. The minimum atomic E-state index is -0.189. The van der Waals surface area contributed by atoms with Crippen LogP contribution in [-0.2, 0) is 14.3 Å². The first-order valence-corrected chi connectivity index (χ1v) is 7.15. The Balaban J connectivity index is 2.05. The number of amides is 1. The maximum atomic E-state index is 11.6. The molecule has 0 saturated heterocycles. The summed E-state index contributed by atoms with van der Waals surface area (Å²) in [4.78, 5) is 22.5. The highest BCUT2D eigenvalue weighted by Gasteiger charge is 2.03. The van der Waals surface area contributed by atoms with Gasteiger partial charge in [-0.15, -0.1) is 0 Å². The summed E-state index contributed by atoms with van der Waals surface area (Å²) >= 11 is 0. The molecule has 0 aromatic heterocycles. The van der Waals surface area contributed by atoms with E-state index >= 15 is 0 Å². The molecule has 0 unspecified atom stereocenters. The highest BCUT2D eigenvalue weighted by atomic mass is 16.5. The third kappa shape index (κ3) is 7.97. The molecule has 5 heteroatoms. The number of rotatable bonds is 9. The summed E-state index contributed by atoms with van der Waals surface area (Å²) in [5.41, 5.74) is 1.10. The number of benzene rings is 1. The van der Waals surface area contributed by atoms with Crippen LogP contribution in [0.2, 0.25) is 0 Å². The molecule has 1 aromatic rings. The summed E-state index contributed by atoms with van der Waals surface area (Å²) in [5, 5.41) is 2.79. The molecule has 0 saturated carbocycles. The van der Waals surface area contributed by atoms with Gasteiger partial charge < -0.3 is 14.8 Å². The number of methoxy groups -OCH3 is 1. The lowest BCUT2D eigenvalue weighted by Crippen LogP contribution is -2.29. The smallest absolute Gasteiger partial charge is 0.305 e. The van der Waals surface area contributed by atoms with Gasteiger partial charge in [0.05, 0.1) is 7.11 Å². The number of hydrogen-bond acceptors (Lipinski definition) is 4. The van der Waals surface area contributed by atoms with Crippen molar-refractivity contribution >= 4 is 11.9 Å². The second kappa shape index (κ2) is 9.80. The van der Waals surface area contributed by atoms with Gasteiger partial charge in [0, 0.05) is 13.0 Å². The molecule has 1 amide bonds. The van der Waals surface area contributed by atoms with Gasteiger partial charge in [0.15, 0.2) is 6.61 Å². The standard InChI is InChI=1S/C16H23NO4/c1-13-7-6-8-14(11-13)21-12-15(18)17-10-5-3-4-9-16(19)20-2/h6-8,11H,3-5,9-10,12H2,1-2H3,(H,17,18). The third-order valence-corrected chi connectivity index (χ3v) is 2.97. The second-order valence-corrected chi connectivity index (χ2v) is 4.84. The Kier molecular flexibility index (Phi) is 7.94. The fraction of sp³-hybridized carbons (Fsp3) is 0.500. The monoisotopic (exact) mass is 293 g/mol. The number of ether oxygens (including phenoxy) is 2. The van der Waals surface area contributed by atoms with Crippen LogP contribution in [0.4, 0.5) is 0 Å². The van der Waals surface area contributed by atoms with E-state index in [2.05, 4.69) is 10.1 Å². The predicted molar refractivity (Wildman–Crippen MR) is 80.2 cm³/mol. The molecule has 0 atom stereocenters. The van der Waals surface area contributed by atoms with Crippen LogP contribution in [0.15, 0.2) is 24.3 Å². The molecule has 1 aromatic carbocycles. The van der Waals surface area contributed by atoms with Crippen molar-refractivity contribution in [3.8, 4) is 5.75 Å². The molecule has 1 rings (SSSR count). The average molecular weight is 293 g/mol.